The van der Waals surface area contributed by atoms with Gasteiger partial charge in [-0.1, -0.05) is 30.3 Å². The van der Waals surface area contributed by atoms with Crippen LogP contribution >= 0.6 is 11.8 Å². The van der Waals surface area contributed by atoms with Crippen LogP contribution < -0.4 is 5.32 Å². The van der Waals surface area contributed by atoms with Crippen molar-refractivity contribution in [1.82, 2.24) is 10.3 Å². The monoisotopic (exact) mass is 375 g/mol. The van der Waals surface area contributed by atoms with Gasteiger partial charge in [0.25, 0.3) is 5.91 Å². The molecule has 1 aromatic rings. The highest BCUT2D eigenvalue weighted by Crippen LogP contribution is 2.27. The Kier molecular flexibility index (Phi) is 5.61. The second-order valence-electron chi connectivity index (χ2n) is 6.44. The van der Waals surface area contributed by atoms with Gasteiger partial charge in [-0.25, -0.2) is 9.80 Å². The summed E-state index contributed by atoms with van der Waals surface area (Å²) in [6.07, 6.45) is 1.19. The van der Waals surface area contributed by atoms with Crippen LogP contribution in [0.15, 0.2) is 35.4 Å². The molecule has 0 atom stereocenters. The highest BCUT2D eigenvalue weighted by atomic mass is 32.2. The van der Waals surface area contributed by atoms with Crippen LogP contribution in [0.2, 0.25) is 0 Å². The highest BCUT2D eigenvalue weighted by Gasteiger charge is 2.42. The molecule has 1 saturated heterocycles. The van der Waals surface area contributed by atoms with E-state index in [2.05, 4.69) is 10.4 Å². The summed E-state index contributed by atoms with van der Waals surface area (Å²) in [6.45, 7) is 0.289. The minimum Gasteiger partial charge on any atom is -0.480 e. The molecule has 0 unspecified atom stereocenters. The number of aliphatic carboxylic acids is 1. The number of nitrogens with one attached hydrogen (secondary N) is 1. The number of carbonyl (C=O) groups excluding carboxylic acids is 2. The van der Waals surface area contributed by atoms with Gasteiger partial charge in [-0.3, -0.25) is 9.59 Å². The van der Waals surface area contributed by atoms with Crippen molar-refractivity contribution < 1.29 is 19.5 Å². The smallest absolute Gasteiger partial charge is 0.329 e. The van der Waals surface area contributed by atoms with E-state index in [1.165, 1.54) is 5.01 Å². The fraction of sp³-hybridized carbons (Fsp3) is 0.444. The Balaban J connectivity index is 1.74. The van der Waals surface area contributed by atoms with Gasteiger partial charge in [0.2, 0.25) is 5.91 Å². The number of thioether (sulfide) groups is 1. The third-order valence-corrected chi connectivity index (χ3v) is 5.64. The minimum atomic E-state index is -1.24. The molecule has 26 heavy (non-hydrogen) atoms. The molecule has 8 heteroatoms. The normalized spacial score (nSPS) is 19.6. The van der Waals surface area contributed by atoms with Crippen molar-refractivity contribution >= 4 is 35.3 Å². The van der Waals surface area contributed by atoms with E-state index >= 15 is 0 Å². The Morgan fingerprint density at radius 1 is 1.19 bits per heavy atom. The first-order valence-corrected chi connectivity index (χ1v) is 9.71. The van der Waals surface area contributed by atoms with Crippen LogP contribution in [-0.2, 0) is 20.9 Å². The maximum atomic E-state index is 12.6. The molecule has 2 aliphatic heterocycles. The number of hydrazone groups is 1. The first kappa shape index (κ1) is 18.4. The Morgan fingerprint density at radius 2 is 1.88 bits per heavy atom. The highest BCUT2D eigenvalue weighted by molar-refractivity contribution is 7.99. The predicted molar refractivity (Wildman–Crippen MR) is 98.7 cm³/mol. The number of nitrogens with zero attached hydrogens (tertiary/aromatic N) is 2. The Hall–Kier alpha value is -2.35. The molecule has 0 aliphatic carbocycles. The van der Waals surface area contributed by atoms with Crippen molar-refractivity contribution in [2.45, 2.75) is 37.8 Å². The second-order valence-corrected chi connectivity index (χ2v) is 7.66. The molecule has 2 N–H and O–H groups in total. The van der Waals surface area contributed by atoms with Crippen LogP contribution in [-0.4, -0.2) is 50.7 Å². The lowest BCUT2D eigenvalue weighted by Crippen LogP contribution is -2.58. The molecule has 138 valence electrons. The molecule has 2 heterocycles. The molecule has 3 rings (SSSR count). The minimum absolute atomic E-state index is 0.146. The van der Waals surface area contributed by atoms with E-state index in [0.29, 0.717) is 24.3 Å². The van der Waals surface area contributed by atoms with Gasteiger partial charge in [0.15, 0.2) is 0 Å². The van der Waals surface area contributed by atoms with Gasteiger partial charge in [0.05, 0.1) is 6.54 Å². The molecule has 0 aromatic heterocycles. The zero-order valence-corrected chi connectivity index (χ0v) is 15.1. The zero-order chi connectivity index (χ0) is 18.6. The fourth-order valence-electron chi connectivity index (χ4n) is 3.05. The maximum Gasteiger partial charge on any atom is 0.329 e. The third-order valence-electron chi connectivity index (χ3n) is 4.65. The Bertz CT molecular complexity index is 729. The number of amides is 2. The largest absolute Gasteiger partial charge is 0.480 e. The average Bonchev–Trinajstić information content (AvgIpc) is 2.65. The van der Waals surface area contributed by atoms with E-state index in [4.69, 9.17) is 0 Å². The molecular weight excluding hydrogens is 354 g/mol. The van der Waals surface area contributed by atoms with Crippen molar-refractivity contribution in [3.8, 4) is 0 Å². The zero-order valence-electron chi connectivity index (χ0n) is 14.3. The number of benzene rings is 1. The predicted octanol–water partition coefficient (Wildman–Crippen LogP) is 1.63. The van der Waals surface area contributed by atoms with Crippen LogP contribution in [0.4, 0.5) is 0 Å². The van der Waals surface area contributed by atoms with Gasteiger partial charge in [-0.15, -0.1) is 0 Å². The van der Waals surface area contributed by atoms with E-state index in [9.17, 15) is 19.5 Å². The van der Waals surface area contributed by atoms with Crippen LogP contribution in [0, 0.1) is 0 Å². The van der Waals surface area contributed by atoms with Crippen molar-refractivity contribution in [2.75, 3.05) is 11.5 Å². The number of rotatable bonds is 5. The van der Waals surface area contributed by atoms with E-state index in [1.54, 1.807) is 11.8 Å². The summed E-state index contributed by atoms with van der Waals surface area (Å²) >= 11 is 1.68. The molecular formula is C18H21N3O4S. The van der Waals surface area contributed by atoms with Gasteiger partial charge in [-0.2, -0.15) is 16.9 Å². The first-order chi connectivity index (χ1) is 12.5. The number of hydrogen-bond acceptors (Lipinski definition) is 5. The van der Waals surface area contributed by atoms with Crippen molar-refractivity contribution in [2.24, 2.45) is 5.10 Å². The number of carbonyl (C=O) groups is 3. The molecule has 7 nitrogen and oxygen atoms in total. The molecule has 0 bridgehead atoms. The summed E-state index contributed by atoms with van der Waals surface area (Å²) in [5.41, 5.74) is -0.117. The van der Waals surface area contributed by atoms with Crippen LogP contribution in [0.1, 0.15) is 31.2 Å². The number of hydrogen-bond donors (Lipinski definition) is 2. The van der Waals surface area contributed by atoms with Crippen molar-refractivity contribution in [1.29, 1.82) is 0 Å². The topological polar surface area (TPSA) is 99.1 Å². The quantitative estimate of drug-likeness (QED) is 0.815. The molecule has 2 amide bonds. The summed E-state index contributed by atoms with van der Waals surface area (Å²) in [4.78, 5) is 36.5. The van der Waals surface area contributed by atoms with E-state index in [-0.39, 0.29) is 31.0 Å². The van der Waals surface area contributed by atoms with Crippen molar-refractivity contribution in [3.63, 3.8) is 0 Å². The molecule has 2 aliphatic rings. The molecule has 1 fully saturated rings. The molecule has 0 spiro atoms. The molecule has 0 saturated carbocycles. The van der Waals surface area contributed by atoms with E-state index in [0.717, 1.165) is 5.56 Å². The van der Waals surface area contributed by atoms with Gasteiger partial charge in [0.1, 0.15) is 11.3 Å². The van der Waals surface area contributed by atoms with Crippen LogP contribution in [0.3, 0.4) is 0 Å². The van der Waals surface area contributed by atoms with Gasteiger partial charge < -0.3 is 10.4 Å². The maximum absolute atomic E-state index is 12.6. The van der Waals surface area contributed by atoms with Crippen LogP contribution in [0.5, 0.6) is 0 Å². The van der Waals surface area contributed by atoms with Crippen LogP contribution in [0.25, 0.3) is 0 Å². The lowest BCUT2D eigenvalue weighted by atomic mass is 9.91. The summed E-state index contributed by atoms with van der Waals surface area (Å²) in [5, 5.41) is 17.8. The lowest BCUT2D eigenvalue weighted by molar-refractivity contribution is -0.147. The SMILES string of the molecule is O=C(NC1(C(=O)O)CCSCC1)C1=NN(Cc2ccccc2)C(=O)CC1. The Morgan fingerprint density at radius 3 is 2.54 bits per heavy atom. The third kappa shape index (κ3) is 4.07. The van der Waals surface area contributed by atoms with Crippen molar-refractivity contribution in [3.05, 3.63) is 35.9 Å². The standard InChI is InChI=1S/C18H21N3O4S/c22-15-7-6-14(20-21(15)12-13-4-2-1-3-5-13)16(23)19-18(17(24)25)8-10-26-11-9-18/h1-5H,6-12H2,(H,19,23)(H,24,25). The van der Waals surface area contributed by atoms with E-state index < -0.39 is 17.4 Å². The van der Waals surface area contributed by atoms with E-state index in [1.807, 2.05) is 30.3 Å². The number of carboxylic acids is 1. The summed E-state index contributed by atoms with van der Waals surface area (Å²) in [6, 6.07) is 9.40. The number of carboxylic acid groups (broad SMARTS) is 1. The second kappa shape index (κ2) is 7.90. The Labute approximate surface area is 155 Å². The lowest BCUT2D eigenvalue weighted by Gasteiger charge is -2.34. The summed E-state index contributed by atoms with van der Waals surface area (Å²) in [5.74, 6) is -0.271. The summed E-state index contributed by atoms with van der Waals surface area (Å²) < 4.78 is 0. The first-order valence-electron chi connectivity index (χ1n) is 8.56. The van der Waals surface area contributed by atoms with Gasteiger partial charge >= 0.3 is 5.97 Å². The molecule has 1 aromatic carbocycles. The fourth-order valence-corrected chi connectivity index (χ4v) is 4.24. The van der Waals surface area contributed by atoms with Gasteiger partial charge in [0, 0.05) is 12.8 Å². The van der Waals surface area contributed by atoms with Gasteiger partial charge in [-0.05, 0) is 29.9 Å². The average molecular weight is 375 g/mol. The molecule has 0 radical (unpaired) electrons. The summed E-state index contributed by atoms with van der Waals surface area (Å²) in [7, 11) is 0.